The third-order valence-corrected chi connectivity index (χ3v) is 3.57. The number of methoxy groups -OCH3 is 1. The van der Waals surface area contributed by atoms with Gasteiger partial charge in [-0.2, -0.15) is 0 Å². The number of hydrogen-bond donors (Lipinski definition) is 0. The van der Waals surface area contributed by atoms with E-state index in [9.17, 15) is 4.79 Å². The minimum atomic E-state index is -0.0900. The maximum atomic E-state index is 11.9. The monoisotopic (exact) mass is 247 g/mol. The third kappa shape index (κ3) is 3.33. The van der Waals surface area contributed by atoms with Crippen LogP contribution in [0.5, 0.6) is 0 Å². The molecule has 98 valence electrons. The van der Waals surface area contributed by atoms with E-state index < -0.39 is 0 Å². The second kappa shape index (κ2) is 6.55. The minimum Gasteiger partial charge on any atom is -0.468 e. The fourth-order valence-electron chi connectivity index (χ4n) is 2.58. The van der Waals surface area contributed by atoms with E-state index in [1.165, 1.54) is 25.5 Å². The van der Waals surface area contributed by atoms with Gasteiger partial charge in [-0.05, 0) is 24.9 Å². The molecule has 0 amide bonds. The standard InChI is InChI=1S/C15H21NO2/c1-18-15(17)14-10-6-3-7-11-16(14)12-13-8-4-2-5-9-13/h2,4-5,8-9,14H,3,6-7,10-12H2,1H3. The maximum absolute atomic E-state index is 11.9. The lowest BCUT2D eigenvalue weighted by Gasteiger charge is -2.27. The number of benzene rings is 1. The van der Waals surface area contributed by atoms with Crippen LogP contribution in [-0.4, -0.2) is 30.6 Å². The Morgan fingerprint density at radius 1 is 1.28 bits per heavy atom. The van der Waals surface area contributed by atoms with E-state index in [1.807, 2.05) is 18.2 Å². The summed E-state index contributed by atoms with van der Waals surface area (Å²) in [6.07, 6.45) is 4.41. The fourth-order valence-corrected chi connectivity index (χ4v) is 2.58. The topological polar surface area (TPSA) is 29.5 Å². The molecule has 1 aliphatic rings. The van der Waals surface area contributed by atoms with Crippen molar-refractivity contribution in [2.75, 3.05) is 13.7 Å². The first-order valence-electron chi connectivity index (χ1n) is 6.67. The van der Waals surface area contributed by atoms with Gasteiger partial charge in [-0.3, -0.25) is 9.69 Å². The van der Waals surface area contributed by atoms with Crippen LogP contribution in [0.15, 0.2) is 30.3 Å². The van der Waals surface area contributed by atoms with Crippen LogP contribution in [-0.2, 0) is 16.1 Å². The van der Waals surface area contributed by atoms with E-state index in [2.05, 4.69) is 17.0 Å². The van der Waals surface area contributed by atoms with Crippen LogP contribution in [0.3, 0.4) is 0 Å². The lowest BCUT2D eigenvalue weighted by molar-refractivity contribution is -0.147. The predicted octanol–water partition coefficient (Wildman–Crippen LogP) is 2.60. The molecular weight excluding hydrogens is 226 g/mol. The van der Waals surface area contributed by atoms with Crippen molar-refractivity contribution in [1.29, 1.82) is 0 Å². The summed E-state index contributed by atoms with van der Waals surface area (Å²) >= 11 is 0. The van der Waals surface area contributed by atoms with Gasteiger partial charge in [0.15, 0.2) is 0 Å². The predicted molar refractivity (Wildman–Crippen MR) is 71.1 cm³/mol. The highest BCUT2D eigenvalue weighted by atomic mass is 16.5. The molecule has 0 spiro atoms. The van der Waals surface area contributed by atoms with Crippen LogP contribution in [0.25, 0.3) is 0 Å². The molecule has 3 nitrogen and oxygen atoms in total. The van der Waals surface area contributed by atoms with Crippen molar-refractivity contribution in [3.63, 3.8) is 0 Å². The summed E-state index contributed by atoms with van der Waals surface area (Å²) in [5.74, 6) is -0.0900. The lowest BCUT2D eigenvalue weighted by atomic mass is 10.1. The molecule has 1 heterocycles. The summed E-state index contributed by atoms with van der Waals surface area (Å²) in [5.41, 5.74) is 1.26. The molecule has 0 bridgehead atoms. The van der Waals surface area contributed by atoms with E-state index >= 15 is 0 Å². The smallest absolute Gasteiger partial charge is 0.323 e. The van der Waals surface area contributed by atoms with Crippen molar-refractivity contribution in [3.8, 4) is 0 Å². The van der Waals surface area contributed by atoms with E-state index in [1.54, 1.807) is 0 Å². The summed E-state index contributed by atoms with van der Waals surface area (Å²) < 4.78 is 4.93. The SMILES string of the molecule is COC(=O)C1CCCCCN1Cc1ccccc1. The zero-order chi connectivity index (χ0) is 12.8. The van der Waals surface area contributed by atoms with Gasteiger partial charge < -0.3 is 4.74 Å². The van der Waals surface area contributed by atoms with E-state index in [0.29, 0.717) is 0 Å². The summed E-state index contributed by atoms with van der Waals surface area (Å²) in [6, 6.07) is 10.3. The second-order valence-electron chi connectivity index (χ2n) is 4.84. The van der Waals surface area contributed by atoms with Crippen molar-refractivity contribution in [1.82, 2.24) is 4.90 Å². The van der Waals surface area contributed by atoms with Crippen LogP contribution in [0.1, 0.15) is 31.2 Å². The third-order valence-electron chi connectivity index (χ3n) is 3.57. The lowest BCUT2D eigenvalue weighted by Crippen LogP contribution is -2.40. The molecule has 0 aromatic heterocycles. The number of hydrogen-bond acceptors (Lipinski definition) is 3. The van der Waals surface area contributed by atoms with Crippen molar-refractivity contribution >= 4 is 5.97 Å². The average Bonchev–Trinajstić information content (AvgIpc) is 2.64. The van der Waals surface area contributed by atoms with Gasteiger partial charge in [0, 0.05) is 6.54 Å². The van der Waals surface area contributed by atoms with Gasteiger partial charge in [0.05, 0.1) is 7.11 Å². The number of nitrogens with zero attached hydrogens (tertiary/aromatic N) is 1. The Morgan fingerprint density at radius 3 is 2.78 bits per heavy atom. The Bertz CT molecular complexity index is 377. The molecule has 1 saturated heterocycles. The molecule has 1 fully saturated rings. The molecule has 18 heavy (non-hydrogen) atoms. The quantitative estimate of drug-likeness (QED) is 0.769. The molecule has 0 N–H and O–H groups in total. The number of rotatable bonds is 3. The van der Waals surface area contributed by atoms with Crippen molar-refractivity contribution < 1.29 is 9.53 Å². The van der Waals surface area contributed by atoms with Crippen LogP contribution >= 0.6 is 0 Å². The van der Waals surface area contributed by atoms with Gasteiger partial charge >= 0.3 is 5.97 Å². The Labute approximate surface area is 109 Å². The number of esters is 1. The van der Waals surface area contributed by atoms with Gasteiger partial charge in [0.25, 0.3) is 0 Å². The number of likely N-dealkylation sites (tertiary alicyclic amines) is 1. The number of ether oxygens (including phenoxy) is 1. The first kappa shape index (κ1) is 13.1. The molecular formula is C15H21NO2. The molecule has 0 saturated carbocycles. The normalized spacial score (nSPS) is 21.3. The molecule has 2 rings (SSSR count). The Kier molecular flexibility index (Phi) is 4.76. The van der Waals surface area contributed by atoms with Gasteiger partial charge in [-0.25, -0.2) is 0 Å². The number of carbonyl (C=O) groups excluding carboxylic acids is 1. The molecule has 0 radical (unpaired) electrons. The molecule has 1 aromatic carbocycles. The average molecular weight is 247 g/mol. The van der Waals surface area contributed by atoms with E-state index in [4.69, 9.17) is 4.74 Å². The maximum Gasteiger partial charge on any atom is 0.323 e. The first-order chi connectivity index (χ1) is 8.81. The zero-order valence-electron chi connectivity index (χ0n) is 11.0. The summed E-state index contributed by atoms with van der Waals surface area (Å²) in [7, 11) is 1.48. The molecule has 1 aromatic rings. The van der Waals surface area contributed by atoms with E-state index in [0.717, 1.165) is 25.9 Å². The Morgan fingerprint density at radius 2 is 2.06 bits per heavy atom. The minimum absolute atomic E-state index is 0.0716. The highest BCUT2D eigenvalue weighted by Crippen LogP contribution is 2.20. The van der Waals surface area contributed by atoms with Crippen LogP contribution in [0, 0.1) is 0 Å². The van der Waals surface area contributed by atoms with Crippen molar-refractivity contribution in [2.24, 2.45) is 0 Å². The van der Waals surface area contributed by atoms with Crippen LogP contribution in [0.2, 0.25) is 0 Å². The summed E-state index contributed by atoms with van der Waals surface area (Å²) in [6.45, 7) is 1.81. The zero-order valence-corrected chi connectivity index (χ0v) is 11.0. The van der Waals surface area contributed by atoms with Crippen molar-refractivity contribution in [2.45, 2.75) is 38.3 Å². The number of carbonyl (C=O) groups is 1. The highest BCUT2D eigenvalue weighted by molar-refractivity contribution is 5.75. The molecule has 1 unspecified atom stereocenters. The second-order valence-corrected chi connectivity index (χ2v) is 4.84. The first-order valence-corrected chi connectivity index (χ1v) is 6.67. The van der Waals surface area contributed by atoms with Crippen LogP contribution < -0.4 is 0 Å². The molecule has 1 aliphatic heterocycles. The Balaban J connectivity index is 2.08. The highest BCUT2D eigenvalue weighted by Gasteiger charge is 2.27. The van der Waals surface area contributed by atoms with Crippen LogP contribution in [0.4, 0.5) is 0 Å². The fraction of sp³-hybridized carbons (Fsp3) is 0.533. The largest absolute Gasteiger partial charge is 0.468 e. The summed E-state index contributed by atoms with van der Waals surface area (Å²) in [5, 5.41) is 0. The van der Waals surface area contributed by atoms with Gasteiger partial charge in [-0.1, -0.05) is 43.2 Å². The van der Waals surface area contributed by atoms with Gasteiger partial charge in [-0.15, -0.1) is 0 Å². The van der Waals surface area contributed by atoms with Gasteiger partial charge in [0.2, 0.25) is 0 Å². The Hall–Kier alpha value is -1.35. The van der Waals surface area contributed by atoms with Crippen molar-refractivity contribution in [3.05, 3.63) is 35.9 Å². The van der Waals surface area contributed by atoms with Gasteiger partial charge in [0.1, 0.15) is 6.04 Å². The molecule has 3 heteroatoms. The van der Waals surface area contributed by atoms with E-state index in [-0.39, 0.29) is 12.0 Å². The molecule has 1 atom stereocenters. The molecule has 0 aliphatic carbocycles. The summed E-state index contributed by atoms with van der Waals surface area (Å²) in [4.78, 5) is 14.1.